The number of imide groups is 1. The largest absolute Gasteiger partial charge is 0.490 e. The third kappa shape index (κ3) is 19.9. The maximum atomic E-state index is 13.2. The van der Waals surface area contributed by atoms with E-state index < -0.39 is 41.4 Å². The lowest BCUT2D eigenvalue weighted by Crippen LogP contribution is -2.52. The minimum Gasteiger partial charge on any atom is -0.490 e. The Morgan fingerprint density at radius 2 is 1.70 bits per heavy atom. The Morgan fingerprint density at radius 3 is 2.36 bits per heavy atom. The molecule has 4 N–H and O–H groups in total. The molecule has 0 radical (unpaired) electrons. The van der Waals surface area contributed by atoms with Gasteiger partial charge in [0.2, 0.25) is 29.5 Å². The highest BCUT2D eigenvalue weighted by atomic mass is 32.2. The van der Waals surface area contributed by atoms with Gasteiger partial charge in [-0.15, -0.1) is 0 Å². The predicted molar refractivity (Wildman–Crippen MR) is 237 cm³/mol. The first kappa shape index (κ1) is 52.0. The Bertz CT molecular complexity index is 1700. The van der Waals surface area contributed by atoms with Gasteiger partial charge in [-0.25, -0.2) is 9.59 Å². The second-order valence-corrected chi connectivity index (χ2v) is 17.0. The van der Waals surface area contributed by atoms with Crippen LogP contribution in [0.1, 0.15) is 99.3 Å². The third-order valence-electron chi connectivity index (χ3n) is 9.83. The normalized spacial score (nSPS) is 19.0. The quantitative estimate of drug-likeness (QED) is 0.0219. The van der Waals surface area contributed by atoms with Crippen molar-refractivity contribution in [1.82, 2.24) is 26.2 Å². The molecule has 2 heterocycles. The van der Waals surface area contributed by atoms with Crippen LogP contribution in [0.15, 0.2) is 72.2 Å². The molecule has 0 aromatic heterocycles. The molecule has 338 valence electrons. The molecular formula is C45H67N5O10S. The number of hydrogen-bond donors (Lipinski definition) is 4. The lowest BCUT2D eigenvalue weighted by atomic mass is 9.86. The van der Waals surface area contributed by atoms with Crippen LogP contribution in [0.4, 0.5) is 4.79 Å². The highest BCUT2D eigenvalue weighted by molar-refractivity contribution is 8.00. The fraction of sp³-hybridized carbons (Fsp3) is 0.578. The summed E-state index contributed by atoms with van der Waals surface area (Å²) in [5.74, 6) is -1.50. The average Bonchev–Trinajstić information content (AvgIpc) is 3.49. The lowest BCUT2D eigenvalue weighted by molar-refractivity contribution is -0.151. The van der Waals surface area contributed by atoms with E-state index in [0.29, 0.717) is 64.6 Å². The number of amides is 6. The number of allylic oxidation sites excluding steroid dienone is 5. The van der Waals surface area contributed by atoms with E-state index in [9.17, 15) is 33.6 Å². The minimum absolute atomic E-state index is 0.0372. The molecule has 0 bridgehead atoms. The van der Waals surface area contributed by atoms with Crippen molar-refractivity contribution in [2.24, 2.45) is 11.3 Å². The topological polar surface area (TPSA) is 199 Å². The van der Waals surface area contributed by atoms with Crippen LogP contribution in [0, 0.1) is 11.3 Å². The molecule has 0 aromatic rings. The predicted octanol–water partition coefficient (Wildman–Crippen LogP) is 5.70. The summed E-state index contributed by atoms with van der Waals surface area (Å²) in [5.41, 5.74) is 0.316. The SMILES string of the molecule is C/C=C\C[C@@H](C/C=C\NC(=O)[C@@H](NC(=O)\C=C/C=C\C(C)=C\[C@H](C)[C@@H]1CC=C(OC)C(=O)O1)C(C)(C)C)OC(=O)NCCCNC(=O)CCCCCN1C(=O)CC(SC)C1=O. The fourth-order valence-corrected chi connectivity index (χ4v) is 6.99. The van der Waals surface area contributed by atoms with Crippen molar-refractivity contribution < 1.29 is 47.8 Å². The van der Waals surface area contributed by atoms with E-state index in [0.717, 1.165) is 12.0 Å². The molecule has 0 aliphatic carbocycles. The standard InChI is InChI=1S/C45H67N5O10S/c1-9-10-19-33(59-44(57)48-27-17-26-46-37(51)21-12-11-15-28-50-39(53)30-36(61-8)42(50)55)20-16-25-47-41(54)40(45(4,5)6)49-38(52)22-14-13-18-31(2)29-32(3)34-23-24-35(58-7)43(56)60-34/h9-10,13-14,16,18,22,24-25,29,32-34,36,40H,11-12,15,17,19-21,23,26-28,30H2,1-8H3,(H,46,51)(H,47,54)(H,48,57)(H,49,52)/b10-9-,18-13-,22-14-,25-16-,31-29+/t32-,33-,34-,36?,40+/m0/s1. The van der Waals surface area contributed by atoms with Crippen LogP contribution in [-0.4, -0.2) is 103 Å². The van der Waals surface area contributed by atoms with Crippen LogP contribution in [0.3, 0.4) is 0 Å². The van der Waals surface area contributed by atoms with Crippen LogP contribution >= 0.6 is 11.8 Å². The second kappa shape index (κ2) is 27.7. The van der Waals surface area contributed by atoms with Gasteiger partial charge >= 0.3 is 12.1 Å². The first-order valence-electron chi connectivity index (χ1n) is 20.9. The highest BCUT2D eigenvalue weighted by Crippen LogP contribution is 2.24. The number of nitrogens with zero attached hydrogens (tertiary/aromatic N) is 1. The van der Waals surface area contributed by atoms with Gasteiger partial charge in [0.05, 0.1) is 12.4 Å². The first-order valence-corrected chi connectivity index (χ1v) is 22.2. The summed E-state index contributed by atoms with van der Waals surface area (Å²) in [6.07, 6.45) is 22.0. The maximum absolute atomic E-state index is 13.2. The van der Waals surface area contributed by atoms with Crippen LogP contribution in [0.25, 0.3) is 0 Å². The zero-order chi connectivity index (χ0) is 45.4. The number of methoxy groups -OCH3 is 1. The summed E-state index contributed by atoms with van der Waals surface area (Å²) in [4.78, 5) is 88.3. The van der Waals surface area contributed by atoms with Gasteiger partial charge in [0.15, 0.2) is 5.76 Å². The number of ether oxygens (including phenoxy) is 3. The van der Waals surface area contributed by atoms with Crippen LogP contribution in [0.5, 0.6) is 0 Å². The van der Waals surface area contributed by atoms with Crippen molar-refractivity contribution in [3.63, 3.8) is 0 Å². The van der Waals surface area contributed by atoms with E-state index in [1.54, 1.807) is 24.3 Å². The average molecular weight is 870 g/mol. The fourth-order valence-electron chi connectivity index (χ4n) is 6.35. The Kier molecular flexibility index (Phi) is 23.6. The van der Waals surface area contributed by atoms with Crippen molar-refractivity contribution in [3.05, 3.63) is 72.2 Å². The van der Waals surface area contributed by atoms with Crippen LogP contribution in [0.2, 0.25) is 0 Å². The number of unbranched alkanes of at least 4 members (excludes halogenated alkanes) is 2. The van der Waals surface area contributed by atoms with E-state index in [4.69, 9.17) is 14.2 Å². The summed E-state index contributed by atoms with van der Waals surface area (Å²) in [6.45, 7) is 12.3. The van der Waals surface area contributed by atoms with Crippen LogP contribution < -0.4 is 21.3 Å². The molecule has 1 unspecified atom stereocenters. The number of hydrogen-bond acceptors (Lipinski definition) is 11. The van der Waals surface area contributed by atoms with E-state index >= 15 is 0 Å². The van der Waals surface area contributed by atoms with E-state index in [1.165, 1.54) is 36.0 Å². The Hall–Kier alpha value is -5.12. The van der Waals surface area contributed by atoms with Gasteiger partial charge in [-0.3, -0.25) is 28.9 Å². The van der Waals surface area contributed by atoms with Gasteiger partial charge in [0.25, 0.3) is 0 Å². The van der Waals surface area contributed by atoms with E-state index in [1.807, 2.05) is 72.1 Å². The van der Waals surface area contributed by atoms with Crippen molar-refractivity contribution >= 4 is 53.4 Å². The summed E-state index contributed by atoms with van der Waals surface area (Å²) >= 11 is 1.39. The van der Waals surface area contributed by atoms with Crippen molar-refractivity contribution in [2.45, 2.75) is 123 Å². The molecule has 1 fully saturated rings. The van der Waals surface area contributed by atoms with Gasteiger partial charge in [-0.05, 0) is 57.1 Å². The van der Waals surface area contributed by atoms with Crippen molar-refractivity contribution in [2.75, 3.05) is 33.0 Å². The summed E-state index contributed by atoms with van der Waals surface area (Å²) in [6, 6.07) is -0.851. The molecule has 2 aliphatic rings. The molecule has 15 nitrogen and oxygen atoms in total. The van der Waals surface area contributed by atoms with Gasteiger partial charge in [-0.1, -0.05) is 82.2 Å². The molecule has 5 atom stereocenters. The van der Waals surface area contributed by atoms with E-state index in [-0.39, 0.29) is 47.2 Å². The summed E-state index contributed by atoms with van der Waals surface area (Å²) in [5, 5.41) is 10.8. The first-order chi connectivity index (χ1) is 29.0. The minimum atomic E-state index is -0.851. The summed E-state index contributed by atoms with van der Waals surface area (Å²) < 4.78 is 16.1. The molecule has 0 spiro atoms. The van der Waals surface area contributed by atoms with E-state index in [2.05, 4.69) is 21.3 Å². The Balaban J connectivity index is 1.72. The number of carbonyl (C=O) groups excluding carboxylic acids is 7. The smallest absolute Gasteiger partial charge is 0.407 e. The monoisotopic (exact) mass is 869 g/mol. The number of carbonyl (C=O) groups is 7. The zero-order valence-corrected chi connectivity index (χ0v) is 37.9. The number of rotatable bonds is 25. The van der Waals surface area contributed by atoms with Gasteiger partial charge in [0, 0.05) is 63.7 Å². The second-order valence-electron chi connectivity index (χ2n) is 16.0. The number of thioether (sulfide) groups is 1. The Labute approximate surface area is 365 Å². The maximum Gasteiger partial charge on any atom is 0.407 e. The van der Waals surface area contributed by atoms with Crippen LogP contribution in [-0.2, 0) is 43.0 Å². The molecule has 16 heteroatoms. The molecule has 0 saturated carbocycles. The summed E-state index contributed by atoms with van der Waals surface area (Å²) in [7, 11) is 1.43. The van der Waals surface area contributed by atoms with Gasteiger partial charge < -0.3 is 35.5 Å². The molecular weight excluding hydrogens is 803 g/mol. The molecule has 6 amide bonds. The number of nitrogens with one attached hydrogen (secondary N) is 4. The zero-order valence-electron chi connectivity index (χ0n) is 37.1. The van der Waals surface area contributed by atoms with Crippen molar-refractivity contribution in [1.29, 1.82) is 0 Å². The molecule has 0 aromatic carbocycles. The lowest BCUT2D eigenvalue weighted by Gasteiger charge is -2.29. The molecule has 61 heavy (non-hydrogen) atoms. The number of esters is 1. The number of cyclic esters (lactones) is 1. The number of alkyl carbamates (subject to hydrolysis) is 1. The third-order valence-corrected chi connectivity index (χ3v) is 10.8. The highest BCUT2D eigenvalue weighted by Gasteiger charge is 2.37. The number of likely N-dealkylation sites (tertiary alicyclic amines) is 1. The molecule has 1 saturated heterocycles. The van der Waals surface area contributed by atoms with Crippen molar-refractivity contribution in [3.8, 4) is 0 Å². The molecule has 2 rings (SSSR count). The Morgan fingerprint density at radius 1 is 1.00 bits per heavy atom. The molecule has 2 aliphatic heterocycles. The van der Waals surface area contributed by atoms with Gasteiger partial charge in [-0.2, -0.15) is 11.8 Å². The van der Waals surface area contributed by atoms with Gasteiger partial charge in [0.1, 0.15) is 18.2 Å².